The lowest BCUT2D eigenvalue weighted by molar-refractivity contribution is -0.142. The molecule has 0 aliphatic carbocycles. The molecule has 0 spiro atoms. The Morgan fingerprint density at radius 2 is 1.41 bits per heavy atom. The van der Waals surface area contributed by atoms with Crippen LogP contribution in [0.3, 0.4) is 0 Å². The predicted octanol–water partition coefficient (Wildman–Crippen LogP) is -0.114. The van der Waals surface area contributed by atoms with Crippen LogP contribution in [0.1, 0.15) is 52.5 Å². The van der Waals surface area contributed by atoms with Crippen LogP contribution in [0.15, 0.2) is 30.5 Å². The molecule has 0 bridgehead atoms. The van der Waals surface area contributed by atoms with Gasteiger partial charge in [0.05, 0.1) is 6.04 Å². The van der Waals surface area contributed by atoms with Gasteiger partial charge in [-0.3, -0.25) is 19.2 Å². The number of hydrogen-bond acceptors (Lipinski definition) is 7. The molecular formula is C28H43N7O6. The summed E-state index contributed by atoms with van der Waals surface area (Å²) < 4.78 is 0. The fourth-order valence-electron chi connectivity index (χ4n) is 4.13. The van der Waals surface area contributed by atoms with Crippen molar-refractivity contribution in [2.45, 2.75) is 83.6 Å². The highest BCUT2D eigenvalue weighted by Gasteiger charge is 2.30. The number of H-pyrrole nitrogens is 1. The number of aromatic nitrogens is 1. The van der Waals surface area contributed by atoms with Gasteiger partial charge >= 0.3 is 5.97 Å². The highest BCUT2D eigenvalue weighted by Crippen LogP contribution is 2.19. The largest absolute Gasteiger partial charge is 0.480 e. The Kier molecular flexibility index (Phi) is 12.7. The molecule has 0 fully saturated rings. The number of nitrogens with two attached hydrogens (primary N) is 2. The second-order valence-electron chi connectivity index (χ2n) is 10.5. The van der Waals surface area contributed by atoms with E-state index in [2.05, 4.69) is 26.3 Å². The molecule has 13 nitrogen and oxygen atoms in total. The molecule has 4 amide bonds. The van der Waals surface area contributed by atoms with E-state index in [-0.39, 0.29) is 18.8 Å². The normalized spacial score (nSPS) is 14.9. The number of unbranched alkanes of at least 4 members (excludes halogenated alkanes) is 1. The number of benzene rings is 1. The minimum absolute atomic E-state index is 0.0664. The van der Waals surface area contributed by atoms with E-state index in [1.807, 2.05) is 24.3 Å². The molecule has 0 unspecified atom stereocenters. The zero-order valence-corrected chi connectivity index (χ0v) is 24.0. The highest BCUT2D eigenvalue weighted by molar-refractivity contribution is 5.95. The van der Waals surface area contributed by atoms with Crippen molar-refractivity contribution >= 4 is 40.5 Å². The Balaban J connectivity index is 2.15. The topological polar surface area (TPSA) is 222 Å². The van der Waals surface area contributed by atoms with E-state index in [1.54, 1.807) is 20.0 Å². The number of carboxylic acid groups (broad SMARTS) is 1. The van der Waals surface area contributed by atoms with E-state index < -0.39 is 59.8 Å². The summed E-state index contributed by atoms with van der Waals surface area (Å²) in [5.74, 6) is -3.76. The molecule has 2 rings (SSSR count). The standard InChI is InChI=1S/C28H43N7O6/c1-15(2)23(30)27(39)33-16(3)24(36)32-17(4)25(37)35-22(13-18-14-31-20-10-6-5-9-19(18)20)26(38)34-21(28(40)41)11-7-8-12-29/h5-6,9-10,14-17,21-23,31H,7-8,11-13,29-30H2,1-4H3,(H,32,36)(H,33,39)(H,34,38)(H,35,37)(H,40,41)/t16-,17-,21-,22-,23-/m0/s1. The molecule has 1 heterocycles. The molecule has 226 valence electrons. The predicted molar refractivity (Wildman–Crippen MR) is 154 cm³/mol. The number of amides is 4. The Bertz CT molecular complexity index is 1210. The second kappa shape index (κ2) is 15.7. The van der Waals surface area contributed by atoms with Crippen LogP contribution in [0.4, 0.5) is 0 Å². The lowest BCUT2D eigenvalue weighted by Crippen LogP contribution is -2.58. The molecule has 13 heteroatoms. The van der Waals surface area contributed by atoms with Crippen LogP contribution in [-0.2, 0) is 30.4 Å². The monoisotopic (exact) mass is 573 g/mol. The van der Waals surface area contributed by atoms with Gasteiger partial charge in [-0.15, -0.1) is 0 Å². The molecule has 0 radical (unpaired) electrons. The Hall–Kier alpha value is -3.97. The quantitative estimate of drug-likeness (QED) is 0.126. The van der Waals surface area contributed by atoms with Crippen LogP contribution in [0.5, 0.6) is 0 Å². The molecule has 0 aliphatic heterocycles. The molecule has 5 atom stereocenters. The van der Waals surface area contributed by atoms with Crippen molar-refractivity contribution in [3.63, 3.8) is 0 Å². The van der Waals surface area contributed by atoms with Crippen LogP contribution < -0.4 is 32.7 Å². The van der Waals surface area contributed by atoms with E-state index in [9.17, 15) is 29.1 Å². The summed E-state index contributed by atoms with van der Waals surface area (Å²) in [6, 6.07) is 2.32. The lowest BCUT2D eigenvalue weighted by atomic mass is 10.0. The maximum Gasteiger partial charge on any atom is 0.326 e. The maximum absolute atomic E-state index is 13.3. The number of nitrogens with one attached hydrogen (secondary N) is 5. The number of aromatic amines is 1. The van der Waals surface area contributed by atoms with Crippen molar-refractivity contribution in [1.29, 1.82) is 0 Å². The van der Waals surface area contributed by atoms with Gasteiger partial charge in [-0.2, -0.15) is 0 Å². The summed E-state index contributed by atoms with van der Waals surface area (Å²) >= 11 is 0. The van der Waals surface area contributed by atoms with Crippen LogP contribution in [0.25, 0.3) is 10.9 Å². The number of aliphatic carboxylic acids is 1. The minimum Gasteiger partial charge on any atom is -0.480 e. The number of carbonyl (C=O) groups is 5. The zero-order chi connectivity index (χ0) is 30.7. The molecule has 2 aromatic rings. The van der Waals surface area contributed by atoms with E-state index in [0.717, 1.165) is 16.5 Å². The van der Waals surface area contributed by atoms with Gasteiger partial charge in [0.25, 0.3) is 0 Å². The number of rotatable bonds is 16. The van der Waals surface area contributed by atoms with E-state index in [0.29, 0.717) is 19.4 Å². The Morgan fingerprint density at radius 1 is 0.829 bits per heavy atom. The third-order valence-corrected chi connectivity index (χ3v) is 6.82. The molecule has 1 aromatic carbocycles. The van der Waals surface area contributed by atoms with Crippen LogP contribution >= 0.6 is 0 Å². The molecule has 0 aliphatic rings. The first-order valence-corrected chi connectivity index (χ1v) is 13.8. The maximum atomic E-state index is 13.3. The molecule has 1 aromatic heterocycles. The first kappa shape index (κ1) is 33.2. The van der Waals surface area contributed by atoms with Crippen LogP contribution in [0.2, 0.25) is 0 Å². The average Bonchev–Trinajstić information content (AvgIpc) is 3.33. The summed E-state index contributed by atoms with van der Waals surface area (Å²) in [4.78, 5) is 66.2. The summed E-state index contributed by atoms with van der Waals surface area (Å²) in [6.45, 7) is 6.87. The molecular weight excluding hydrogens is 530 g/mol. The second-order valence-corrected chi connectivity index (χ2v) is 10.5. The minimum atomic E-state index is -1.19. The SMILES string of the molecule is CC(C)[C@H](N)C(=O)N[C@@H](C)C(=O)N[C@@H](C)C(=O)N[C@@H](Cc1c[nH]c2ccccc12)C(=O)N[C@@H](CCCCN)C(=O)O. The third kappa shape index (κ3) is 9.87. The zero-order valence-electron chi connectivity index (χ0n) is 24.0. The Morgan fingerprint density at radius 3 is 2.02 bits per heavy atom. The first-order chi connectivity index (χ1) is 19.3. The average molecular weight is 574 g/mol. The number of carbonyl (C=O) groups excluding carboxylic acids is 4. The van der Waals surface area contributed by atoms with Crippen molar-refractivity contribution in [3.05, 3.63) is 36.0 Å². The smallest absolute Gasteiger partial charge is 0.326 e. The van der Waals surface area contributed by atoms with Crippen LogP contribution in [-0.4, -0.2) is 76.4 Å². The summed E-state index contributed by atoms with van der Waals surface area (Å²) in [5.41, 5.74) is 12.9. The molecule has 0 saturated heterocycles. The van der Waals surface area contributed by atoms with Gasteiger partial charge in [-0.05, 0) is 57.2 Å². The van der Waals surface area contributed by atoms with Gasteiger partial charge in [-0.25, -0.2) is 4.79 Å². The molecule has 41 heavy (non-hydrogen) atoms. The number of para-hydroxylation sites is 1. The fourth-order valence-corrected chi connectivity index (χ4v) is 4.13. The summed E-state index contributed by atoms with van der Waals surface area (Å²) in [6.07, 6.45) is 3.09. The molecule has 0 saturated carbocycles. The van der Waals surface area contributed by atoms with Crippen molar-refractivity contribution in [2.24, 2.45) is 17.4 Å². The third-order valence-electron chi connectivity index (χ3n) is 6.82. The number of fused-ring (bicyclic) bond motifs is 1. The van der Waals surface area contributed by atoms with Crippen molar-refractivity contribution in [3.8, 4) is 0 Å². The van der Waals surface area contributed by atoms with Gasteiger partial charge < -0.3 is 42.8 Å². The van der Waals surface area contributed by atoms with Crippen LogP contribution in [0, 0.1) is 5.92 Å². The highest BCUT2D eigenvalue weighted by atomic mass is 16.4. The number of hydrogen-bond donors (Lipinski definition) is 8. The molecule has 10 N–H and O–H groups in total. The van der Waals surface area contributed by atoms with Gasteiger partial charge in [0.2, 0.25) is 23.6 Å². The van der Waals surface area contributed by atoms with Gasteiger partial charge in [0.1, 0.15) is 24.2 Å². The summed E-state index contributed by atoms with van der Waals surface area (Å²) in [7, 11) is 0. The van der Waals surface area contributed by atoms with Gasteiger partial charge in [0, 0.05) is 23.5 Å². The van der Waals surface area contributed by atoms with Crippen molar-refractivity contribution in [1.82, 2.24) is 26.3 Å². The van der Waals surface area contributed by atoms with Gasteiger partial charge in [0.15, 0.2) is 0 Å². The fraction of sp³-hybridized carbons (Fsp3) is 0.536. The van der Waals surface area contributed by atoms with Crippen molar-refractivity contribution in [2.75, 3.05) is 6.54 Å². The number of carboxylic acids is 1. The summed E-state index contributed by atoms with van der Waals surface area (Å²) in [5, 5.41) is 20.7. The van der Waals surface area contributed by atoms with E-state index in [1.165, 1.54) is 13.8 Å². The van der Waals surface area contributed by atoms with Gasteiger partial charge in [-0.1, -0.05) is 32.0 Å². The van der Waals surface area contributed by atoms with E-state index in [4.69, 9.17) is 11.5 Å². The first-order valence-electron chi connectivity index (χ1n) is 13.8. The van der Waals surface area contributed by atoms with E-state index >= 15 is 0 Å². The van der Waals surface area contributed by atoms with Crippen molar-refractivity contribution < 1.29 is 29.1 Å². The Labute approximate surface area is 239 Å². The lowest BCUT2D eigenvalue weighted by Gasteiger charge is -2.24.